The minimum atomic E-state index is 0.0553. The van der Waals surface area contributed by atoms with E-state index in [2.05, 4.69) is 4.98 Å². The third kappa shape index (κ3) is 3.68. The van der Waals surface area contributed by atoms with Crippen LogP contribution in [0, 0.1) is 13.8 Å². The molecule has 0 saturated heterocycles. The van der Waals surface area contributed by atoms with E-state index in [0.717, 1.165) is 22.8 Å². The number of hydrogen-bond donors (Lipinski definition) is 0. The van der Waals surface area contributed by atoms with Crippen molar-refractivity contribution in [2.45, 2.75) is 26.8 Å². The predicted octanol–water partition coefficient (Wildman–Crippen LogP) is 2.49. The first-order chi connectivity index (χ1) is 9.04. The van der Waals surface area contributed by atoms with Gasteiger partial charge in [-0.25, -0.2) is 0 Å². The van der Waals surface area contributed by atoms with E-state index in [1.54, 1.807) is 18.1 Å². The maximum atomic E-state index is 12.1. The Bertz CT molecular complexity index is 558. The molecule has 19 heavy (non-hydrogen) atoms. The summed E-state index contributed by atoms with van der Waals surface area (Å²) in [7, 11) is 1.78. The van der Waals surface area contributed by atoms with Gasteiger partial charge in [0, 0.05) is 18.9 Å². The van der Waals surface area contributed by atoms with Crippen molar-refractivity contribution in [1.82, 2.24) is 9.88 Å². The van der Waals surface area contributed by atoms with Crippen molar-refractivity contribution < 1.29 is 9.21 Å². The molecule has 0 unspecified atom stereocenters. The topological polar surface area (TPSA) is 46.3 Å². The number of carbonyl (C=O) groups excluding carboxylic acids is 1. The van der Waals surface area contributed by atoms with Gasteiger partial charge in [-0.05, 0) is 37.6 Å². The molecule has 0 aliphatic heterocycles. The largest absolute Gasteiger partial charge is 0.464 e. The molecule has 2 aromatic heterocycles. The lowest BCUT2D eigenvalue weighted by Crippen LogP contribution is -2.27. The molecule has 0 aromatic carbocycles. The summed E-state index contributed by atoms with van der Waals surface area (Å²) in [5, 5.41) is 0. The second-order valence-corrected chi connectivity index (χ2v) is 4.75. The molecule has 2 aromatic rings. The fourth-order valence-electron chi connectivity index (χ4n) is 1.80. The Hall–Kier alpha value is -2.10. The fraction of sp³-hybridized carbons (Fsp3) is 0.333. The van der Waals surface area contributed by atoms with E-state index >= 15 is 0 Å². The molecule has 0 radical (unpaired) electrons. The van der Waals surface area contributed by atoms with Crippen molar-refractivity contribution >= 4 is 5.91 Å². The van der Waals surface area contributed by atoms with Crippen molar-refractivity contribution in [2.75, 3.05) is 7.05 Å². The molecule has 4 heteroatoms. The molecule has 0 aliphatic rings. The molecular formula is C15H18N2O2. The van der Waals surface area contributed by atoms with Gasteiger partial charge in [0.05, 0.1) is 13.0 Å². The summed E-state index contributed by atoms with van der Waals surface area (Å²) in [6.07, 6.45) is 2.11. The second-order valence-electron chi connectivity index (χ2n) is 4.75. The zero-order valence-corrected chi connectivity index (χ0v) is 11.5. The molecule has 0 bridgehead atoms. The van der Waals surface area contributed by atoms with Crippen LogP contribution in [-0.2, 0) is 17.8 Å². The lowest BCUT2D eigenvalue weighted by atomic mass is 10.2. The van der Waals surface area contributed by atoms with E-state index in [-0.39, 0.29) is 5.91 Å². The van der Waals surface area contributed by atoms with E-state index in [1.807, 2.05) is 38.1 Å². The number of hydrogen-bond acceptors (Lipinski definition) is 3. The van der Waals surface area contributed by atoms with Crippen LogP contribution in [0.4, 0.5) is 0 Å². The third-order valence-electron chi connectivity index (χ3n) is 2.94. The number of likely N-dealkylation sites (N-methyl/N-ethyl adjacent to an activating group) is 1. The van der Waals surface area contributed by atoms with E-state index in [9.17, 15) is 4.79 Å². The Kier molecular flexibility index (Phi) is 4.00. The van der Waals surface area contributed by atoms with E-state index < -0.39 is 0 Å². The highest BCUT2D eigenvalue weighted by atomic mass is 16.3. The van der Waals surface area contributed by atoms with Gasteiger partial charge >= 0.3 is 0 Å². The molecule has 0 atom stereocenters. The van der Waals surface area contributed by atoms with Crippen LogP contribution < -0.4 is 0 Å². The van der Waals surface area contributed by atoms with Crippen LogP contribution in [0.3, 0.4) is 0 Å². The van der Waals surface area contributed by atoms with Gasteiger partial charge in [0.2, 0.25) is 5.91 Å². The van der Waals surface area contributed by atoms with Crippen LogP contribution in [0.15, 0.2) is 34.9 Å². The van der Waals surface area contributed by atoms with Crippen LogP contribution in [0.1, 0.15) is 22.8 Å². The quantitative estimate of drug-likeness (QED) is 0.846. The molecule has 4 nitrogen and oxygen atoms in total. The average Bonchev–Trinajstić information content (AvgIpc) is 2.77. The molecule has 100 valence electrons. The van der Waals surface area contributed by atoms with Crippen molar-refractivity contribution in [3.63, 3.8) is 0 Å². The Morgan fingerprint density at radius 2 is 2.05 bits per heavy atom. The van der Waals surface area contributed by atoms with Crippen LogP contribution in [0.25, 0.3) is 0 Å². The number of aromatic nitrogens is 1. The van der Waals surface area contributed by atoms with Gasteiger partial charge in [-0.15, -0.1) is 0 Å². The number of nitrogens with zero attached hydrogens (tertiary/aromatic N) is 2. The lowest BCUT2D eigenvalue weighted by molar-refractivity contribution is -0.129. The van der Waals surface area contributed by atoms with Crippen molar-refractivity contribution in [3.05, 3.63) is 53.2 Å². The molecular weight excluding hydrogens is 240 g/mol. The number of carbonyl (C=O) groups is 1. The Labute approximate surface area is 113 Å². The molecule has 2 rings (SSSR count). The van der Waals surface area contributed by atoms with E-state index in [1.165, 1.54) is 0 Å². The first-order valence-electron chi connectivity index (χ1n) is 6.25. The lowest BCUT2D eigenvalue weighted by Gasteiger charge is -2.15. The summed E-state index contributed by atoms with van der Waals surface area (Å²) in [6, 6.07) is 7.65. The van der Waals surface area contributed by atoms with Crippen LogP contribution >= 0.6 is 0 Å². The minimum Gasteiger partial charge on any atom is -0.464 e. The van der Waals surface area contributed by atoms with Crippen molar-refractivity contribution in [3.8, 4) is 0 Å². The summed E-state index contributed by atoms with van der Waals surface area (Å²) >= 11 is 0. The Morgan fingerprint density at radius 1 is 1.26 bits per heavy atom. The first-order valence-corrected chi connectivity index (χ1v) is 6.25. The van der Waals surface area contributed by atoms with Gasteiger partial charge in [-0.3, -0.25) is 9.78 Å². The van der Waals surface area contributed by atoms with Gasteiger partial charge in [-0.2, -0.15) is 0 Å². The van der Waals surface area contributed by atoms with Crippen LogP contribution in [0.2, 0.25) is 0 Å². The number of pyridine rings is 1. The maximum Gasteiger partial charge on any atom is 0.227 e. The Balaban J connectivity index is 1.94. The van der Waals surface area contributed by atoms with Gasteiger partial charge < -0.3 is 9.32 Å². The van der Waals surface area contributed by atoms with Crippen molar-refractivity contribution in [1.29, 1.82) is 0 Å². The molecule has 1 amide bonds. The normalized spacial score (nSPS) is 10.5. The minimum absolute atomic E-state index is 0.0553. The summed E-state index contributed by atoms with van der Waals surface area (Å²) in [5.74, 6) is 1.72. The third-order valence-corrected chi connectivity index (χ3v) is 2.94. The predicted molar refractivity (Wildman–Crippen MR) is 72.6 cm³/mol. The summed E-state index contributed by atoms with van der Waals surface area (Å²) < 4.78 is 5.46. The highest BCUT2D eigenvalue weighted by Gasteiger charge is 2.12. The fourth-order valence-corrected chi connectivity index (χ4v) is 1.80. The standard InChI is InChI=1S/C15H18N2O2/c1-11-4-6-13(9-16-11)8-15(18)17(3)10-14-7-5-12(2)19-14/h4-7,9H,8,10H2,1-3H3. The maximum absolute atomic E-state index is 12.1. The Morgan fingerprint density at radius 3 is 2.63 bits per heavy atom. The number of amides is 1. The summed E-state index contributed by atoms with van der Waals surface area (Å²) in [6.45, 7) is 4.31. The molecule has 2 heterocycles. The summed E-state index contributed by atoms with van der Waals surface area (Å²) in [5.41, 5.74) is 1.88. The smallest absolute Gasteiger partial charge is 0.227 e. The summed E-state index contributed by atoms with van der Waals surface area (Å²) in [4.78, 5) is 17.9. The molecule has 0 N–H and O–H groups in total. The van der Waals surface area contributed by atoms with Gasteiger partial charge in [0.25, 0.3) is 0 Å². The van der Waals surface area contributed by atoms with Gasteiger partial charge in [0.1, 0.15) is 11.5 Å². The zero-order chi connectivity index (χ0) is 13.8. The van der Waals surface area contributed by atoms with Crippen LogP contribution in [0.5, 0.6) is 0 Å². The molecule has 0 spiro atoms. The number of aryl methyl sites for hydroxylation is 2. The number of rotatable bonds is 4. The van der Waals surface area contributed by atoms with Crippen LogP contribution in [-0.4, -0.2) is 22.8 Å². The van der Waals surface area contributed by atoms with E-state index in [4.69, 9.17) is 4.42 Å². The monoisotopic (exact) mass is 258 g/mol. The van der Waals surface area contributed by atoms with Gasteiger partial charge in [-0.1, -0.05) is 6.07 Å². The average molecular weight is 258 g/mol. The zero-order valence-electron chi connectivity index (χ0n) is 11.5. The highest BCUT2D eigenvalue weighted by molar-refractivity contribution is 5.78. The second kappa shape index (κ2) is 5.69. The SMILES string of the molecule is Cc1ccc(CC(=O)N(C)Cc2ccc(C)o2)cn1. The van der Waals surface area contributed by atoms with Crippen molar-refractivity contribution in [2.24, 2.45) is 0 Å². The van der Waals surface area contributed by atoms with E-state index in [0.29, 0.717) is 13.0 Å². The molecule has 0 saturated carbocycles. The highest BCUT2D eigenvalue weighted by Crippen LogP contribution is 2.10. The van der Waals surface area contributed by atoms with Gasteiger partial charge in [0.15, 0.2) is 0 Å². The number of furan rings is 1. The first kappa shape index (κ1) is 13.3. The molecule has 0 aliphatic carbocycles. The molecule has 0 fully saturated rings.